The highest BCUT2D eigenvalue weighted by molar-refractivity contribution is 5.75. The lowest BCUT2D eigenvalue weighted by Gasteiger charge is -2.10. The van der Waals surface area contributed by atoms with E-state index in [9.17, 15) is 9.18 Å². The van der Waals surface area contributed by atoms with E-state index in [0.29, 0.717) is 0 Å². The first kappa shape index (κ1) is 12.1. The smallest absolute Gasteiger partial charge is 0.322 e. The lowest BCUT2D eigenvalue weighted by molar-refractivity contribution is -0.142. The first-order valence-electron chi connectivity index (χ1n) is 4.61. The van der Waals surface area contributed by atoms with E-state index < -0.39 is 17.8 Å². The van der Waals surface area contributed by atoms with Crippen LogP contribution in [0.4, 0.5) is 4.39 Å². The number of hydrogen-bond donors (Lipinski definition) is 1. The molecule has 0 unspecified atom stereocenters. The number of methoxy groups -OCH3 is 1. The van der Waals surface area contributed by atoms with Crippen LogP contribution < -0.4 is 5.73 Å². The van der Waals surface area contributed by atoms with Crippen molar-refractivity contribution >= 4 is 5.97 Å². The minimum atomic E-state index is -0.923. The van der Waals surface area contributed by atoms with Crippen LogP contribution >= 0.6 is 0 Å². The van der Waals surface area contributed by atoms with E-state index >= 15 is 0 Å². The molecule has 1 atom stereocenters. The number of carbonyl (C=O) groups is 1. The predicted octanol–water partition coefficient (Wildman–Crippen LogP) is 0.740. The van der Waals surface area contributed by atoms with Crippen molar-refractivity contribution in [1.29, 1.82) is 5.26 Å². The maximum Gasteiger partial charge on any atom is 0.322 e. The van der Waals surface area contributed by atoms with Crippen LogP contribution in [0.2, 0.25) is 0 Å². The zero-order valence-electron chi connectivity index (χ0n) is 8.74. The van der Waals surface area contributed by atoms with Gasteiger partial charge in [0.2, 0.25) is 0 Å². The first-order chi connectivity index (χ1) is 7.60. The summed E-state index contributed by atoms with van der Waals surface area (Å²) < 4.78 is 18.0. The molecule has 2 N–H and O–H groups in total. The number of ether oxygens (including phenoxy) is 1. The van der Waals surface area contributed by atoms with Crippen molar-refractivity contribution in [3.8, 4) is 6.07 Å². The van der Waals surface area contributed by atoms with Crippen LogP contribution in [0.15, 0.2) is 18.2 Å². The summed E-state index contributed by atoms with van der Waals surface area (Å²) in [6.45, 7) is 0. The second-order valence-electron chi connectivity index (χ2n) is 3.22. The molecule has 5 heteroatoms. The Kier molecular flexibility index (Phi) is 3.97. The van der Waals surface area contributed by atoms with Gasteiger partial charge < -0.3 is 10.5 Å². The lowest BCUT2D eigenvalue weighted by atomic mass is 10.0. The Morgan fingerprint density at radius 2 is 2.38 bits per heavy atom. The van der Waals surface area contributed by atoms with E-state index in [2.05, 4.69) is 4.74 Å². The Balaban J connectivity index is 2.90. The van der Waals surface area contributed by atoms with Crippen LogP contribution in [0.25, 0.3) is 0 Å². The highest BCUT2D eigenvalue weighted by Crippen LogP contribution is 2.13. The average Bonchev–Trinajstić information content (AvgIpc) is 2.30. The van der Waals surface area contributed by atoms with Gasteiger partial charge in [-0.2, -0.15) is 5.26 Å². The van der Waals surface area contributed by atoms with Crippen molar-refractivity contribution in [1.82, 2.24) is 0 Å². The zero-order valence-corrected chi connectivity index (χ0v) is 8.74. The number of esters is 1. The topological polar surface area (TPSA) is 76.1 Å². The second-order valence-corrected chi connectivity index (χ2v) is 3.22. The number of nitrogens with zero attached hydrogens (tertiary/aromatic N) is 1. The molecule has 0 spiro atoms. The van der Waals surface area contributed by atoms with Crippen LogP contribution in [0.5, 0.6) is 0 Å². The minimum absolute atomic E-state index is 0.00796. The van der Waals surface area contributed by atoms with Gasteiger partial charge in [-0.1, -0.05) is 12.1 Å². The number of nitrogens with two attached hydrogens (primary N) is 1. The summed E-state index contributed by atoms with van der Waals surface area (Å²) in [5.41, 5.74) is 5.67. The molecule has 0 saturated carbocycles. The average molecular weight is 222 g/mol. The van der Waals surface area contributed by atoms with Crippen molar-refractivity contribution in [3.63, 3.8) is 0 Å². The lowest BCUT2D eigenvalue weighted by Crippen LogP contribution is -2.33. The molecule has 0 aromatic heterocycles. The molecular formula is C11H11FN2O2. The highest BCUT2D eigenvalue weighted by atomic mass is 19.1. The molecule has 1 aromatic carbocycles. The van der Waals surface area contributed by atoms with Crippen molar-refractivity contribution < 1.29 is 13.9 Å². The highest BCUT2D eigenvalue weighted by Gasteiger charge is 2.17. The minimum Gasteiger partial charge on any atom is -0.468 e. The van der Waals surface area contributed by atoms with Crippen molar-refractivity contribution in [3.05, 3.63) is 35.1 Å². The number of rotatable bonds is 3. The van der Waals surface area contributed by atoms with Crippen LogP contribution in [0, 0.1) is 17.1 Å². The number of hydrogen-bond acceptors (Lipinski definition) is 4. The molecule has 0 aliphatic heterocycles. The van der Waals surface area contributed by atoms with Gasteiger partial charge in [-0.05, 0) is 11.6 Å². The first-order valence-corrected chi connectivity index (χ1v) is 4.61. The third-order valence-electron chi connectivity index (χ3n) is 2.14. The van der Waals surface area contributed by atoms with Crippen LogP contribution in [-0.2, 0) is 16.0 Å². The molecular weight excluding hydrogens is 211 g/mol. The molecule has 1 aromatic rings. The standard InChI is InChI=1S/C11H11FN2O2/c1-16-11(15)9(14)5-7-3-2-4-8(6-13)10(7)12/h2-4,9H,5,14H2,1H3/t9-/m0/s1. The largest absolute Gasteiger partial charge is 0.468 e. The Bertz CT molecular complexity index is 440. The van der Waals surface area contributed by atoms with Crippen LogP contribution in [0.1, 0.15) is 11.1 Å². The summed E-state index contributed by atoms with van der Waals surface area (Å²) in [5, 5.41) is 8.62. The van der Waals surface area contributed by atoms with Gasteiger partial charge in [0.1, 0.15) is 17.9 Å². The van der Waals surface area contributed by atoms with Crippen molar-refractivity contribution in [2.45, 2.75) is 12.5 Å². The van der Waals surface area contributed by atoms with Crippen LogP contribution in [0.3, 0.4) is 0 Å². The summed E-state index contributed by atoms with van der Waals surface area (Å²) in [6, 6.07) is 5.19. The Morgan fingerprint density at radius 1 is 1.69 bits per heavy atom. The zero-order chi connectivity index (χ0) is 12.1. The molecule has 0 fully saturated rings. The summed E-state index contributed by atoms with van der Waals surface area (Å²) in [6.07, 6.45) is 0.00796. The molecule has 84 valence electrons. The number of nitriles is 1. The van der Waals surface area contributed by atoms with E-state index in [4.69, 9.17) is 11.0 Å². The molecule has 0 radical (unpaired) electrons. The van der Waals surface area contributed by atoms with Gasteiger partial charge >= 0.3 is 5.97 Å². The van der Waals surface area contributed by atoms with Gasteiger partial charge in [-0.25, -0.2) is 4.39 Å². The third-order valence-corrected chi connectivity index (χ3v) is 2.14. The van der Waals surface area contributed by atoms with Gasteiger partial charge in [0.05, 0.1) is 12.7 Å². The van der Waals surface area contributed by atoms with E-state index in [0.717, 1.165) is 0 Å². The summed E-state index contributed by atoms with van der Waals surface area (Å²) >= 11 is 0. The second kappa shape index (κ2) is 5.24. The SMILES string of the molecule is COC(=O)[C@@H](N)Cc1cccc(C#N)c1F. The molecule has 0 amide bonds. The van der Waals surface area contributed by atoms with E-state index in [1.165, 1.54) is 19.2 Å². The molecule has 4 nitrogen and oxygen atoms in total. The van der Waals surface area contributed by atoms with E-state index in [-0.39, 0.29) is 17.5 Å². The van der Waals surface area contributed by atoms with Crippen LogP contribution in [-0.4, -0.2) is 19.1 Å². The summed E-state index contributed by atoms with van der Waals surface area (Å²) in [5.74, 6) is -1.24. The number of carbonyl (C=O) groups excluding carboxylic acids is 1. The van der Waals surface area contributed by atoms with Gasteiger partial charge in [0.25, 0.3) is 0 Å². The quantitative estimate of drug-likeness (QED) is 0.765. The van der Waals surface area contributed by atoms with Gasteiger partial charge in [0, 0.05) is 6.42 Å². The van der Waals surface area contributed by atoms with Gasteiger partial charge in [-0.3, -0.25) is 4.79 Å². The molecule has 0 bridgehead atoms. The van der Waals surface area contributed by atoms with E-state index in [1.54, 1.807) is 12.1 Å². The van der Waals surface area contributed by atoms with Gasteiger partial charge in [0.15, 0.2) is 0 Å². The molecule has 1 rings (SSSR count). The Morgan fingerprint density at radius 3 is 2.94 bits per heavy atom. The fraction of sp³-hybridized carbons (Fsp3) is 0.273. The van der Waals surface area contributed by atoms with E-state index in [1.807, 2.05) is 0 Å². The maximum absolute atomic E-state index is 13.6. The predicted molar refractivity (Wildman–Crippen MR) is 54.8 cm³/mol. The normalized spacial score (nSPS) is 11.6. The number of halogens is 1. The Hall–Kier alpha value is -1.93. The maximum atomic E-state index is 13.6. The molecule has 0 saturated heterocycles. The number of benzene rings is 1. The molecule has 0 aliphatic carbocycles. The summed E-state index contributed by atoms with van der Waals surface area (Å²) in [4.78, 5) is 11.0. The van der Waals surface area contributed by atoms with Crippen molar-refractivity contribution in [2.24, 2.45) is 5.73 Å². The molecule has 16 heavy (non-hydrogen) atoms. The molecule has 0 heterocycles. The summed E-state index contributed by atoms with van der Waals surface area (Å²) in [7, 11) is 1.21. The Labute approximate surface area is 92.4 Å². The van der Waals surface area contributed by atoms with Gasteiger partial charge in [-0.15, -0.1) is 0 Å². The third kappa shape index (κ3) is 2.55. The monoisotopic (exact) mass is 222 g/mol. The fourth-order valence-corrected chi connectivity index (χ4v) is 1.30. The fourth-order valence-electron chi connectivity index (χ4n) is 1.30. The van der Waals surface area contributed by atoms with Crippen molar-refractivity contribution in [2.75, 3.05) is 7.11 Å². The molecule has 0 aliphatic rings.